The van der Waals surface area contributed by atoms with E-state index >= 15 is 0 Å². The third-order valence-corrected chi connectivity index (χ3v) is 4.11. The van der Waals surface area contributed by atoms with E-state index in [1.807, 2.05) is 24.3 Å². The van der Waals surface area contributed by atoms with Gasteiger partial charge < -0.3 is 5.73 Å². The highest BCUT2D eigenvalue weighted by atomic mass is 35.5. The monoisotopic (exact) mass is 340 g/mol. The number of nitrogens with zero attached hydrogens (tertiary/aromatic N) is 3. The second-order valence-corrected chi connectivity index (χ2v) is 5.55. The maximum atomic E-state index is 9.45. The molecule has 0 radical (unpaired) electrons. The number of hydrogen-bond donors (Lipinski definition) is 1. The van der Waals surface area contributed by atoms with Gasteiger partial charge in [0.25, 0.3) is 0 Å². The first-order valence-electron chi connectivity index (χ1n) is 6.68. The van der Waals surface area contributed by atoms with Crippen LogP contribution in [0.15, 0.2) is 42.5 Å². The lowest BCUT2D eigenvalue weighted by Crippen LogP contribution is -2.00. The minimum Gasteiger partial charge on any atom is -0.383 e. The van der Waals surface area contributed by atoms with Crippen LogP contribution < -0.4 is 5.73 Å². The van der Waals surface area contributed by atoms with E-state index in [4.69, 9.17) is 28.9 Å². The Labute approximate surface area is 142 Å². The Balaban J connectivity index is 2.17. The van der Waals surface area contributed by atoms with Gasteiger partial charge in [-0.15, -0.1) is 0 Å². The van der Waals surface area contributed by atoms with E-state index in [1.165, 1.54) is 0 Å². The van der Waals surface area contributed by atoms with Gasteiger partial charge in [-0.25, -0.2) is 9.97 Å². The van der Waals surface area contributed by atoms with Crippen LogP contribution in [0.25, 0.3) is 22.6 Å². The molecule has 23 heavy (non-hydrogen) atoms. The molecule has 0 bridgehead atoms. The molecule has 0 saturated heterocycles. The summed E-state index contributed by atoms with van der Waals surface area (Å²) in [6.45, 7) is 0. The van der Waals surface area contributed by atoms with E-state index in [-0.39, 0.29) is 11.4 Å². The predicted octanol–water partition coefficient (Wildman–Crippen LogP) is 4.58. The Morgan fingerprint density at radius 3 is 2.65 bits per heavy atom. The second kappa shape index (κ2) is 6.25. The second-order valence-electron chi connectivity index (χ2n) is 4.76. The lowest BCUT2D eigenvalue weighted by atomic mass is 10.1. The summed E-state index contributed by atoms with van der Waals surface area (Å²) in [4.78, 5) is 8.62. The van der Waals surface area contributed by atoms with E-state index in [2.05, 4.69) is 16.0 Å². The summed E-state index contributed by atoms with van der Waals surface area (Å²) in [5, 5.41) is 11.0. The van der Waals surface area contributed by atoms with E-state index in [9.17, 15) is 5.26 Å². The Morgan fingerprint density at radius 2 is 1.87 bits per heavy atom. The van der Waals surface area contributed by atoms with Crippen molar-refractivity contribution in [1.82, 2.24) is 9.97 Å². The number of aromatic nitrogens is 2. The standard InChI is InChI=1S/C17H10Cl2N4/c18-13-6-3-4-10(15(13)19)8-11(9-20)17-22-14-7-2-1-5-12(14)16(21)23-17/h1-8H,(H2,21,22,23)/b11-8+. The van der Waals surface area contributed by atoms with Gasteiger partial charge in [0.1, 0.15) is 11.9 Å². The normalized spacial score (nSPS) is 11.4. The van der Waals surface area contributed by atoms with Crippen LogP contribution in [0.3, 0.4) is 0 Å². The number of rotatable bonds is 2. The number of allylic oxidation sites excluding steroid dienone is 1. The minimum atomic E-state index is 0.250. The number of nitrogen functional groups attached to an aromatic ring is 1. The van der Waals surface area contributed by atoms with E-state index in [1.54, 1.807) is 24.3 Å². The summed E-state index contributed by atoms with van der Waals surface area (Å²) < 4.78 is 0. The molecule has 0 unspecified atom stereocenters. The van der Waals surface area contributed by atoms with Gasteiger partial charge in [0.05, 0.1) is 21.1 Å². The van der Waals surface area contributed by atoms with Crippen LogP contribution in [0.5, 0.6) is 0 Å². The van der Waals surface area contributed by atoms with Crippen molar-refractivity contribution in [3.05, 3.63) is 63.9 Å². The topological polar surface area (TPSA) is 75.6 Å². The van der Waals surface area contributed by atoms with Crippen molar-refractivity contribution in [1.29, 1.82) is 5.26 Å². The fourth-order valence-corrected chi connectivity index (χ4v) is 2.52. The maximum absolute atomic E-state index is 9.45. The molecule has 0 saturated carbocycles. The summed E-state index contributed by atoms with van der Waals surface area (Å²) in [6.07, 6.45) is 1.60. The molecule has 0 atom stereocenters. The van der Waals surface area contributed by atoms with Gasteiger partial charge in [0.2, 0.25) is 0 Å². The van der Waals surface area contributed by atoms with Crippen molar-refractivity contribution in [2.75, 3.05) is 5.73 Å². The predicted molar refractivity (Wildman–Crippen MR) is 93.9 cm³/mol. The summed E-state index contributed by atoms with van der Waals surface area (Å²) in [5.41, 5.74) is 7.51. The number of fused-ring (bicyclic) bond motifs is 1. The largest absolute Gasteiger partial charge is 0.383 e. The van der Waals surface area contributed by atoms with Crippen LogP contribution in [0.4, 0.5) is 5.82 Å². The van der Waals surface area contributed by atoms with Crippen LogP contribution in [-0.4, -0.2) is 9.97 Å². The maximum Gasteiger partial charge on any atom is 0.172 e. The Morgan fingerprint density at radius 1 is 1.09 bits per heavy atom. The number of nitriles is 1. The molecule has 0 aliphatic rings. The van der Waals surface area contributed by atoms with Crippen molar-refractivity contribution < 1.29 is 0 Å². The molecule has 0 fully saturated rings. The first-order chi connectivity index (χ1) is 11.1. The van der Waals surface area contributed by atoms with Crippen molar-refractivity contribution in [2.24, 2.45) is 0 Å². The van der Waals surface area contributed by atoms with E-state index < -0.39 is 0 Å². The molecule has 6 heteroatoms. The molecule has 2 N–H and O–H groups in total. The number of para-hydroxylation sites is 1. The number of benzene rings is 2. The molecule has 4 nitrogen and oxygen atoms in total. The zero-order valence-electron chi connectivity index (χ0n) is 11.8. The first-order valence-corrected chi connectivity index (χ1v) is 7.44. The Hall–Kier alpha value is -2.61. The number of hydrogen-bond acceptors (Lipinski definition) is 4. The van der Waals surface area contributed by atoms with Crippen LogP contribution in [0.1, 0.15) is 11.4 Å². The highest BCUT2D eigenvalue weighted by Crippen LogP contribution is 2.29. The first kappa shape index (κ1) is 15.3. The Kier molecular flexibility index (Phi) is 4.16. The minimum absolute atomic E-state index is 0.250. The van der Waals surface area contributed by atoms with Crippen molar-refractivity contribution in [3.8, 4) is 6.07 Å². The molecule has 0 aliphatic heterocycles. The molecule has 0 aliphatic carbocycles. The lowest BCUT2D eigenvalue weighted by molar-refractivity contribution is 1.18. The quantitative estimate of drug-likeness (QED) is 0.692. The molecule has 3 rings (SSSR count). The van der Waals surface area contributed by atoms with Gasteiger partial charge in [-0.1, -0.05) is 47.5 Å². The van der Waals surface area contributed by atoms with Gasteiger partial charge in [0, 0.05) is 5.39 Å². The lowest BCUT2D eigenvalue weighted by Gasteiger charge is -2.05. The van der Waals surface area contributed by atoms with Gasteiger partial charge >= 0.3 is 0 Å². The molecule has 1 aromatic heterocycles. The Bertz CT molecular complexity index is 974. The van der Waals surface area contributed by atoms with Gasteiger partial charge in [0.15, 0.2) is 5.82 Å². The molecule has 112 valence electrons. The van der Waals surface area contributed by atoms with Crippen LogP contribution in [0, 0.1) is 11.3 Å². The summed E-state index contributed by atoms with van der Waals surface area (Å²) >= 11 is 12.2. The summed E-state index contributed by atoms with van der Waals surface area (Å²) in [5.74, 6) is 0.573. The molecular formula is C17H10Cl2N4. The molecule has 2 aromatic carbocycles. The van der Waals surface area contributed by atoms with Gasteiger partial charge in [-0.3, -0.25) is 0 Å². The van der Waals surface area contributed by atoms with Crippen molar-refractivity contribution in [2.45, 2.75) is 0 Å². The van der Waals surface area contributed by atoms with Gasteiger partial charge in [-0.2, -0.15) is 5.26 Å². The number of anilines is 1. The van der Waals surface area contributed by atoms with Crippen molar-refractivity contribution in [3.63, 3.8) is 0 Å². The van der Waals surface area contributed by atoms with Crippen LogP contribution >= 0.6 is 23.2 Å². The average molecular weight is 341 g/mol. The smallest absolute Gasteiger partial charge is 0.172 e. The van der Waals surface area contributed by atoms with Crippen LogP contribution in [-0.2, 0) is 0 Å². The van der Waals surface area contributed by atoms with E-state index in [0.717, 1.165) is 5.39 Å². The third kappa shape index (κ3) is 2.98. The fourth-order valence-electron chi connectivity index (χ4n) is 2.16. The fraction of sp³-hybridized carbons (Fsp3) is 0. The summed E-state index contributed by atoms with van der Waals surface area (Å²) in [6, 6.07) is 14.6. The number of halogens is 2. The SMILES string of the molecule is N#C/C(=C\c1cccc(Cl)c1Cl)c1nc(N)c2ccccc2n1. The van der Waals surface area contributed by atoms with E-state index in [0.29, 0.717) is 26.9 Å². The highest BCUT2D eigenvalue weighted by Gasteiger charge is 2.11. The zero-order valence-corrected chi connectivity index (χ0v) is 13.3. The molecule has 0 amide bonds. The summed E-state index contributed by atoms with van der Waals surface area (Å²) in [7, 11) is 0. The highest BCUT2D eigenvalue weighted by molar-refractivity contribution is 6.43. The third-order valence-electron chi connectivity index (χ3n) is 3.28. The molecular weight excluding hydrogens is 331 g/mol. The molecule has 1 heterocycles. The van der Waals surface area contributed by atoms with Crippen LogP contribution in [0.2, 0.25) is 10.0 Å². The van der Waals surface area contributed by atoms with Gasteiger partial charge in [-0.05, 0) is 29.8 Å². The zero-order chi connectivity index (χ0) is 16.4. The molecule has 0 spiro atoms. The molecule has 3 aromatic rings. The van der Waals surface area contributed by atoms with Crippen molar-refractivity contribution >= 4 is 51.6 Å². The number of nitrogens with two attached hydrogens (primary N) is 1. The average Bonchev–Trinajstić information content (AvgIpc) is 2.56.